The predicted octanol–water partition coefficient (Wildman–Crippen LogP) is 13.1. The van der Waals surface area contributed by atoms with E-state index in [-0.39, 0.29) is 96.7 Å². The summed E-state index contributed by atoms with van der Waals surface area (Å²) in [5.41, 5.74) is 9.54. The van der Waals surface area contributed by atoms with Crippen molar-refractivity contribution in [3.63, 3.8) is 0 Å². The van der Waals surface area contributed by atoms with E-state index < -0.39 is 47.9 Å². The van der Waals surface area contributed by atoms with Gasteiger partial charge >= 0.3 is 17.6 Å². The summed E-state index contributed by atoms with van der Waals surface area (Å²) in [6.07, 6.45) is 16.4. The van der Waals surface area contributed by atoms with E-state index >= 15 is 9.59 Å². The second kappa shape index (κ2) is 23.2. The number of carbonyl (C=O) groups is 2. The quantitative estimate of drug-likeness (QED) is 0.0518. The molecule has 0 radical (unpaired) electrons. The highest BCUT2D eigenvalue weighted by Crippen LogP contribution is 2.59. The fourth-order valence-corrected chi connectivity index (χ4v) is 17.0. The minimum atomic E-state index is -1.37. The van der Waals surface area contributed by atoms with Gasteiger partial charge in [0.1, 0.15) is 16.9 Å². The molecule has 2 saturated carbocycles. The molecule has 14 rings (SSSR count). The van der Waals surface area contributed by atoms with E-state index in [2.05, 4.69) is 121 Å². The number of benzene rings is 5. The number of fused-ring (bicyclic) bond motifs is 17. The fourth-order valence-electron chi connectivity index (χ4n) is 17.0. The molecule has 0 spiro atoms. The molecule has 6 aromatic rings. The highest BCUT2D eigenvalue weighted by molar-refractivity contribution is 5.90. The van der Waals surface area contributed by atoms with Gasteiger partial charge in [-0.3, -0.25) is 4.79 Å². The number of carbonyl (C=O) groups excluding carboxylic acids is 2. The van der Waals surface area contributed by atoms with Crippen LogP contribution in [0.3, 0.4) is 0 Å². The number of esters is 2. The Kier molecular flexibility index (Phi) is 15.5. The van der Waals surface area contributed by atoms with Gasteiger partial charge in [0.15, 0.2) is 12.2 Å². The molecule has 11 nitrogen and oxygen atoms in total. The molecule has 3 aliphatic heterocycles. The number of aliphatic hydroxyl groups is 3. The van der Waals surface area contributed by atoms with Gasteiger partial charge in [0.05, 0.1) is 25.4 Å². The van der Waals surface area contributed by atoms with Crippen molar-refractivity contribution in [2.24, 2.45) is 23.7 Å². The normalized spacial score (nSPS) is 29.9. The molecule has 4 heterocycles. The van der Waals surface area contributed by atoms with Crippen molar-refractivity contribution in [3.8, 4) is 5.75 Å². The maximum absolute atomic E-state index is 15.8. The maximum Gasteiger partial charge on any atom is 0.340 e. The SMILES string of the molecule is COCC(CCO)c1c(CO)c2ccc3c(c2oc1=O)C1OC(=O)CC2CC(c4cccc5c4CCC4CCCCC54c4ccccc4)C=CC2c2ccc(cc2)CCC(=C(C)CO)C(=O)OC1C(C)(C1CC2C=Cc4ccccc4C2C1)O3. The van der Waals surface area contributed by atoms with Crippen LogP contribution in [0.5, 0.6) is 5.75 Å². The topological polar surface area (TPSA) is 162 Å². The van der Waals surface area contributed by atoms with Crippen molar-refractivity contribution in [1.29, 1.82) is 0 Å². The second-order valence-corrected chi connectivity index (χ2v) is 25.5. The molecule has 0 saturated heterocycles. The molecular formula is C73H78O11. The Morgan fingerprint density at radius 1 is 0.786 bits per heavy atom. The lowest BCUT2D eigenvalue weighted by atomic mass is 9.54. The molecule has 1 aromatic heterocycles. The van der Waals surface area contributed by atoms with Crippen LogP contribution in [-0.2, 0) is 48.7 Å². The third-order valence-corrected chi connectivity index (χ3v) is 21.2. The number of methoxy groups -OCH3 is 1. The zero-order valence-electron chi connectivity index (χ0n) is 48.6. The summed E-state index contributed by atoms with van der Waals surface area (Å²) in [5.74, 6) is -1.17. The van der Waals surface area contributed by atoms with Gasteiger partial charge in [-0.25, -0.2) is 9.59 Å². The van der Waals surface area contributed by atoms with Crippen molar-refractivity contribution >= 4 is 29.0 Å². The summed E-state index contributed by atoms with van der Waals surface area (Å²) < 4.78 is 33.5. The van der Waals surface area contributed by atoms with Gasteiger partial charge in [0, 0.05) is 65.7 Å². The fraction of sp³-hybridized carbons (Fsp3) is 0.438. The first kappa shape index (κ1) is 56.3. The molecule has 12 atom stereocenters. The minimum absolute atomic E-state index is 0.0208. The van der Waals surface area contributed by atoms with Crippen molar-refractivity contribution in [1.82, 2.24) is 0 Å². The first-order valence-electron chi connectivity index (χ1n) is 30.9. The lowest BCUT2D eigenvalue weighted by Crippen LogP contribution is -2.58. The number of rotatable bonds is 10. The molecule has 436 valence electrons. The Hall–Kier alpha value is -6.89. The summed E-state index contributed by atoms with van der Waals surface area (Å²) in [6, 6.07) is 38.7. The smallest absolute Gasteiger partial charge is 0.340 e. The highest BCUT2D eigenvalue weighted by atomic mass is 16.6. The van der Waals surface area contributed by atoms with Gasteiger partial charge in [-0.15, -0.1) is 0 Å². The van der Waals surface area contributed by atoms with E-state index in [1.54, 1.807) is 19.1 Å². The van der Waals surface area contributed by atoms with Crippen molar-refractivity contribution in [3.05, 3.63) is 210 Å². The monoisotopic (exact) mass is 1130 g/mol. The number of aryl methyl sites for hydroxylation is 1. The van der Waals surface area contributed by atoms with E-state index in [1.807, 2.05) is 6.92 Å². The number of hydrogen-bond donors (Lipinski definition) is 3. The van der Waals surface area contributed by atoms with Gasteiger partial charge < -0.3 is 38.7 Å². The number of allylic oxidation sites excluding steroid dienone is 3. The van der Waals surface area contributed by atoms with Gasteiger partial charge in [0.25, 0.3) is 0 Å². The van der Waals surface area contributed by atoms with E-state index in [0.717, 1.165) is 36.0 Å². The van der Waals surface area contributed by atoms with Crippen molar-refractivity contribution in [2.75, 3.05) is 26.9 Å². The Morgan fingerprint density at radius 3 is 2.39 bits per heavy atom. The predicted molar refractivity (Wildman–Crippen MR) is 323 cm³/mol. The van der Waals surface area contributed by atoms with Gasteiger partial charge in [0.2, 0.25) is 0 Å². The van der Waals surface area contributed by atoms with Crippen LogP contribution in [0.25, 0.3) is 17.0 Å². The summed E-state index contributed by atoms with van der Waals surface area (Å²) >= 11 is 0. The highest BCUT2D eigenvalue weighted by Gasteiger charge is 2.59. The molecule has 12 unspecified atom stereocenters. The van der Waals surface area contributed by atoms with Crippen LogP contribution in [0.4, 0.5) is 0 Å². The molecule has 3 N–H and O–H groups in total. The largest absolute Gasteiger partial charge is 0.483 e. The van der Waals surface area contributed by atoms with Gasteiger partial charge in [-0.2, -0.15) is 0 Å². The molecule has 5 aromatic carbocycles. The number of ether oxygens (including phenoxy) is 4. The molecule has 5 aliphatic carbocycles. The summed E-state index contributed by atoms with van der Waals surface area (Å²) in [7, 11) is 1.52. The third-order valence-electron chi connectivity index (χ3n) is 21.2. The number of hydrogen-bond acceptors (Lipinski definition) is 11. The molecule has 84 heavy (non-hydrogen) atoms. The van der Waals surface area contributed by atoms with Crippen LogP contribution in [0.1, 0.15) is 175 Å². The van der Waals surface area contributed by atoms with E-state index in [9.17, 15) is 20.1 Å². The molecule has 2 fully saturated rings. The Morgan fingerprint density at radius 2 is 1.60 bits per heavy atom. The van der Waals surface area contributed by atoms with E-state index in [0.29, 0.717) is 59.4 Å². The summed E-state index contributed by atoms with van der Waals surface area (Å²) in [5, 5.41) is 32.6. The third kappa shape index (κ3) is 9.71. The second-order valence-electron chi connectivity index (χ2n) is 25.5. The van der Waals surface area contributed by atoms with Crippen LogP contribution in [0, 0.1) is 23.7 Å². The molecule has 11 heteroatoms. The van der Waals surface area contributed by atoms with Crippen LogP contribution in [0.15, 0.2) is 148 Å². The average molecular weight is 1130 g/mol. The van der Waals surface area contributed by atoms with Crippen LogP contribution in [-0.4, -0.2) is 65.9 Å². The summed E-state index contributed by atoms with van der Waals surface area (Å²) in [6.45, 7) is 2.63. The van der Waals surface area contributed by atoms with Gasteiger partial charge in [-0.1, -0.05) is 134 Å². The number of aliphatic hydroxyl groups excluding tert-OH is 3. The first-order chi connectivity index (χ1) is 41.0. The van der Waals surface area contributed by atoms with Crippen LogP contribution < -0.4 is 10.4 Å². The van der Waals surface area contributed by atoms with Crippen molar-refractivity contribution < 1.29 is 48.3 Å². The van der Waals surface area contributed by atoms with Crippen LogP contribution in [0.2, 0.25) is 0 Å². The van der Waals surface area contributed by atoms with E-state index in [1.165, 1.54) is 54.2 Å². The minimum Gasteiger partial charge on any atom is -0.483 e. The zero-order valence-corrected chi connectivity index (χ0v) is 48.6. The van der Waals surface area contributed by atoms with Crippen molar-refractivity contribution in [2.45, 2.75) is 151 Å². The molecular weight excluding hydrogens is 1050 g/mol. The Bertz CT molecular complexity index is 3620. The molecule has 2 bridgehead atoms. The lowest BCUT2D eigenvalue weighted by molar-refractivity contribution is -0.199. The first-order valence-corrected chi connectivity index (χ1v) is 30.9. The molecule has 8 aliphatic rings. The standard InChI is InChI=1S/C73H78O11/c1-43(40-75)54-28-21-44-19-22-46(23-20-44)55-29-26-47(57-17-11-18-62-58(57)30-27-52-15-9-10-34-73(52,62)51-13-5-4-6-14-51)36-50(55)38-64(77)81-68-66-63(32-31-59-61(41-76)65(71(79)82-67(59)66)49(33-35-74)42-80-3)84-72(2,69(68)83-70(54)78)53-37-48-25-24-45-12-7-8-16-56(45)60(48)39-53/h4-8,11-14,16-20,22-26,29,31-32,47-50,52-53,55,60,68-69,74-76H,9-10,15,21,27-28,30,33-42H2,1-3H3. The maximum atomic E-state index is 15.8. The Labute approximate surface area is 492 Å². The molecule has 0 amide bonds. The summed E-state index contributed by atoms with van der Waals surface area (Å²) in [4.78, 5) is 45.9. The lowest BCUT2D eigenvalue weighted by Gasteiger charge is -2.50. The van der Waals surface area contributed by atoms with Gasteiger partial charge in [-0.05, 0) is 170 Å². The zero-order chi connectivity index (χ0) is 57.9. The average Bonchev–Trinajstić information content (AvgIpc) is 1.75. The van der Waals surface area contributed by atoms with Crippen LogP contribution >= 0.6 is 0 Å². The Balaban J connectivity index is 0.954. The van der Waals surface area contributed by atoms with E-state index in [4.69, 9.17) is 23.4 Å².